The number of hydrogen-bond acceptors (Lipinski definition) is 6. The standard InChI is InChI=1S/C19H23N5O2/c1-13-15(11-20-2)12-21-19(22-13)24-16-5-3-14(4-6-16)18(25)23-17-7-9-26-10-8-17/h3-6,11-12,17H,7-10H2,1-2H3,(H,23,25)(H,21,22,24). The lowest BCUT2D eigenvalue weighted by Crippen LogP contribution is -2.38. The Balaban J connectivity index is 1.62. The molecule has 0 atom stereocenters. The zero-order chi connectivity index (χ0) is 18.4. The zero-order valence-corrected chi connectivity index (χ0v) is 15.0. The fraction of sp³-hybridized carbons (Fsp3) is 0.368. The van der Waals surface area contributed by atoms with E-state index in [-0.39, 0.29) is 11.9 Å². The predicted molar refractivity (Wildman–Crippen MR) is 101 cm³/mol. The lowest BCUT2D eigenvalue weighted by Gasteiger charge is -2.23. The first-order chi connectivity index (χ1) is 12.7. The molecule has 2 aromatic rings. The van der Waals surface area contributed by atoms with Crippen LogP contribution in [0, 0.1) is 6.92 Å². The van der Waals surface area contributed by atoms with Gasteiger partial charge in [0, 0.05) is 55.5 Å². The molecule has 1 amide bonds. The number of hydrogen-bond donors (Lipinski definition) is 2. The number of nitrogens with one attached hydrogen (secondary N) is 2. The molecule has 26 heavy (non-hydrogen) atoms. The summed E-state index contributed by atoms with van der Waals surface area (Å²) in [5, 5.41) is 6.20. The van der Waals surface area contributed by atoms with Crippen LogP contribution in [0.4, 0.5) is 11.6 Å². The lowest BCUT2D eigenvalue weighted by molar-refractivity contribution is 0.0696. The van der Waals surface area contributed by atoms with Gasteiger partial charge >= 0.3 is 0 Å². The first-order valence-corrected chi connectivity index (χ1v) is 8.67. The van der Waals surface area contributed by atoms with Crippen molar-refractivity contribution in [3.63, 3.8) is 0 Å². The molecule has 1 aromatic heterocycles. The average molecular weight is 353 g/mol. The van der Waals surface area contributed by atoms with Crippen molar-refractivity contribution in [1.82, 2.24) is 15.3 Å². The molecule has 3 rings (SSSR count). The van der Waals surface area contributed by atoms with Gasteiger partial charge in [0.15, 0.2) is 0 Å². The SMILES string of the molecule is CN=Cc1cnc(Nc2ccc(C(=O)NC3CCOCC3)cc2)nc1C. The summed E-state index contributed by atoms with van der Waals surface area (Å²) >= 11 is 0. The van der Waals surface area contributed by atoms with Crippen LogP contribution in [-0.4, -0.2) is 48.4 Å². The number of benzene rings is 1. The first-order valence-electron chi connectivity index (χ1n) is 8.67. The summed E-state index contributed by atoms with van der Waals surface area (Å²) in [6.07, 6.45) is 5.18. The highest BCUT2D eigenvalue weighted by Gasteiger charge is 2.16. The third-order valence-corrected chi connectivity index (χ3v) is 4.25. The molecule has 2 heterocycles. The molecule has 0 bridgehead atoms. The molecule has 7 heteroatoms. The van der Waals surface area contributed by atoms with E-state index in [0.717, 1.165) is 29.8 Å². The summed E-state index contributed by atoms with van der Waals surface area (Å²) in [5.41, 5.74) is 3.19. The number of anilines is 2. The second-order valence-corrected chi connectivity index (χ2v) is 6.18. The van der Waals surface area contributed by atoms with E-state index in [1.807, 2.05) is 19.1 Å². The number of carbonyl (C=O) groups is 1. The van der Waals surface area contributed by atoms with Crippen LogP contribution in [0.1, 0.15) is 34.5 Å². The number of rotatable bonds is 5. The third-order valence-electron chi connectivity index (χ3n) is 4.25. The van der Waals surface area contributed by atoms with Crippen molar-refractivity contribution in [3.8, 4) is 0 Å². The fourth-order valence-electron chi connectivity index (χ4n) is 2.75. The maximum atomic E-state index is 12.3. The van der Waals surface area contributed by atoms with Gasteiger partial charge in [-0.3, -0.25) is 9.79 Å². The van der Waals surface area contributed by atoms with E-state index in [1.54, 1.807) is 31.6 Å². The molecule has 0 radical (unpaired) electrons. The van der Waals surface area contributed by atoms with Crippen LogP contribution in [0.25, 0.3) is 0 Å². The minimum Gasteiger partial charge on any atom is -0.381 e. The van der Waals surface area contributed by atoms with E-state index in [2.05, 4.69) is 25.6 Å². The van der Waals surface area contributed by atoms with Crippen molar-refractivity contribution in [3.05, 3.63) is 47.3 Å². The highest BCUT2D eigenvalue weighted by atomic mass is 16.5. The first kappa shape index (κ1) is 18.0. The van der Waals surface area contributed by atoms with E-state index < -0.39 is 0 Å². The molecule has 1 aliphatic heterocycles. The summed E-state index contributed by atoms with van der Waals surface area (Å²) in [6, 6.07) is 7.47. The predicted octanol–water partition coefficient (Wildman–Crippen LogP) is 2.49. The van der Waals surface area contributed by atoms with Gasteiger partial charge in [0.2, 0.25) is 5.95 Å². The second-order valence-electron chi connectivity index (χ2n) is 6.18. The molecule has 2 N–H and O–H groups in total. The summed E-state index contributed by atoms with van der Waals surface area (Å²) in [5.74, 6) is 0.453. The van der Waals surface area contributed by atoms with Crippen LogP contribution >= 0.6 is 0 Å². The van der Waals surface area contributed by atoms with Crippen LogP contribution in [0.3, 0.4) is 0 Å². The van der Waals surface area contributed by atoms with Crippen molar-refractivity contribution in [2.45, 2.75) is 25.8 Å². The summed E-state index contributed by atoms with van der Waals surface area (Å²) in [7, 11) is 1.71. The Morgan fingerprint density at radius 2 is 2.00 bits per heavy atom. The Morgan fingerprint density at radius 1 is 1.27 bits per heavy atom. The van der Waals surface area contributed by atoms with Crippen LogP contribution in [0.15, 0.2) is 35.5 Å². The Morgan fingerprint density at radius 3 is 2.65 bits per heavy atom. The van der Waals surface area contributed by atoms with Gasteiger partial charge in [0.25, 0.3) is 5.91 Å². The molecule has 0 unspecified atom stereocenters. The van der Waals surface area contributed by atoms with Crippen molar-refractivity contribution < 1.29 is 9.53 Å². The van der Waals surface area contributed by atoms with Crippen molar-refractivity contribution in [2.75, 3.05) is 25.6 Å². The Hall–Kier alpha value is -2.80. The van der Waals surface area contributed by atoms with Crippen LogP contribution in [-0.2, 0) is 4.74 Å². The summed E-state index contributed by atoms with van der Waals surface area (Å²) in [6.45, 7) is 3.32. The van der Waals surface area contributed by atoms with E-state index in [4.69, 9.17) is 4.74 Å². The van der Waals surface area contributed by atoms with Gasteiger partial charge in [-0.25, -0.2) is 9.97 Å². The minimum atomic E-state index is -0.0567. The minimum absolute atomic E-state index is 0.0567. The highest BCUT2D eigenvalue weighted by Crippen LogP contribution is 2.15. The molecular formula is C19H23N5O2. The maximum Gasteiger partial charge on any atom is 0.251 e. The average Bonchev–Trinajstić information content (AvgIpc) is 2.65. The maximum absolute atomic E-state index is 12.3. The summed E-state index contributed by atoms with van der Waals surface area (Å²) in [4.78, 5) is 25.0. The molecule has 1 saturated heterocycles. The molecular weight excluding hydrogens is 330 g/mol. The van der Waals surface area contributed by atoms with Gasteiger partial charge in [-0.1, -0.05) is 0 Å². The van der Waals surface area contributed by atoms with Crippen molar-refractivity contribution in [2.24, 2.45) is 4.99 Å². The van der Waals surface area contributed by atoms with Gasteiger partial charge in [-0.05, 0) is 44.0 Å². The van der Waals surface area contributed by atoms with Crippen molar-refractivity contribution in [1.29, 1.82) is 0 Å². The monoisotopic (exact) mass is 353 g/mol. The lowest BCUT2D eigenvalue weighted by atomic mass is 10.1. The molecule has 1 fully saturated rings. The summed E-state index contributed by atoms with van der Waals surface area (Å²) < 4.78 is 5.31. The molecule has 1 aliphatic rings. The van der Waals surface area contributed by atoms with Crippen LogP contribution < -0.4 is 10.6 Å². The number of nitrogens with zero attached hydrogens (tertiary/aromatic N) is 3. The number of amides is 1. The van der Waals surface area contributed by atoms with E-state index in [1.165, 1.54) is 0 Å². The number of aliphatic imine (C=N–C) groups is 1. The second kappa shape index (κ2) is 8.53. The molecule has 0 spiro atoms. The smallest absolute Gasteiger partial charge is 0.251 e. The van der Waals surface area contributed by atoms with Gasteiger partial charge in [0.1, 0.15) is 0 Å². The Kier molecular flexibility index (Phi) is 5.91. The van der Waals surface area contributed by atoms with E-state index in [9.17, 15) is 4.79 Å². The highest BCUT2D eigenvalue weighted by molar-refractivity contribution is 5.94. The zero-order valence-electron chi connectivity index (χ0n) is 15.0. The largest absolute Gasteiger partial charge is 0.381 e. The fourth-order valence-corrected chi connectivity index (χ4v) is 2.75. The number of ether oxygens (including phenoxy) is 1. The van der Waals surface area contributed by atoms with E-state index >= 15 is 0 Å². The van der Waals surface area contributed by atoms with Gasteiger partial charge in [0.05, 0.1) is 5.69 Å². The molecule has 7 nitrogen and oxygen atoms in total. The molecule has 1 aromatic carbocycles. The normalized spacial score (nSPS) is 15.2. The Labute approximate surface area is 152 Å². The van der Waals surface area contributed by atoms with Gasteiger partial charge in [-0.2, -0.15) is 0 Å². The molecule has 136 valence electrons. The number of aromatic nitrogens is 2. The third kappa shape index (κ3) is 4.64. The topological polar surface area (TPSA) is 88.5 Å². The van der Waals surface area contributed by atoms with Crippen molar-refractivity contribution >= 4 is 23.8 Å². The van der Waals surface area contributed by atoms with Gasteiger partial charge < -0.3 is 15.4 Å². The number of aryl methyl sites for hydroxylation is 1. The van der Waals surface area contributed by atoms with E-state index in [0.29, 0.717) is 24.7 Å². The van der Waals surface area contributed by atoms with Crippen LogP contribution in [0.2, 0.25) is 0 Å². The Bertz CT molecular complexity index is 783. The molecule has 0 aliphatic carbocycles. The van der Waals surface area contributed by atoms with Crippen LogP contribution in [0.5, 0.6) is 0 Å². The number of carbonyl (C=O) groups excluding carboxylic acids is 1. The molecule has 0 saturated carbocycles. The van der Waals surface area contributed by atoms with Gasteiger partial charge in [-0.15, -0.1) is 0 Å². The quantitative estimate of drug-likeness (QED) is 0.806.